The third-order valence-corrected chi connectivity index (χ3v) is 2.56. The van der Waals surface area contributed by atoms with E-state index in [0.29, 0.717) is 0 Å². The molecule has 17 heavy (non-hydrogen) atoms. The molecule has 5 heteroatoms. The summed E-state index contributed by atoms with van der Waals surface area (Å²) in [5.41, 5.74) is 5.73. The Morgan fingerprint density at radius 3 is 2.59 bits per heavy atom. The Labute approximate surface area is 101 Å². The minimum absolute atomic E-state index is 0.0211. The molecule has 1 aromatic rings. The standard InChI is InChI=1S/C12H18N2O3/c1-8(2)11(13)12(16)14(3)7-9(15)10-5-4-6-17-10/h4-6,8,11H,7,13H2,1-3H3/t11-/m0/s1. The Morgan fingerprint density at radius 1 is 1.47 bits per heavy atom. The number of carbonyl (C=O) groups excluding carboxylic acids is 2. The van der Waals surface area contributed by atoms with Gasteiger partial charge in [-0.3, -0.25) is 9.59 Å². The zero-order valence-electron chi connectivity index (χ0n) is 10.3. The SMILES string of the molecule is CC(C)[C@H](N)C(=O)N(C)CC(=O)c1ccco1. The van der Waals surface area contributed by atoms with E-state index in [1.54, 1.807) is 19.2 Å². The molecule has 0 aliphatic heterocycles. The summed E-state index contributed by atoms with van der Waals surface area (Å²) in [7, 11) is 1.56. The van der Waals surface area contributed by atoms with Crippen molar-refractivity contribution in [2.45, 2.75) is 19.9 Å². The average Bonchev–Trinajstić information content (AvgIpc) is 2.80. The van der Waals surface area contributed by atoms with Gasteiger partial charge in [0.1, 0.15) is 0 Å². The topological polar surface area (TPSA) is 76.5 Å². The fourth-order valence-corrected chi connectivity index (χ4v) is 1.35. The maximum Gasteiger partial charge on any atom is 0.239 e. The van der Waals surface area contributed by atoms with E-state index in [4.69, 9.17) is 10.2 Å². The smallest absolute Gasteiger partial charge is 0.239 e. The van der Waals surface area contributed by atoms with Crippen molar-refractivity contribution in [1.29, 1.82) is 0 Å². The number of hydrogen-bond donors (Lipinski definition) is 1. The number of hydrogen-bond acceptors (Lipinski definition) is 4. The van der Waals surface area contributed by atoms with E-state index in [1.807, 2.05) is 13.8 Å². The van der Waals surface area contributed by atoms with Crippen LogP contribution in [0, 0.1) is 5.92 Å². The van der Waals surface area contributed by atoms with Crippen LogP contribution in [0.25, 0.3) is 0 Å². The second kappa shape index (κ2) is 5.63. The van der Waals surface area contributed by atoms with Crippen LogP contribution in [0.1, 0.15) is 24.4 Å². The molecule has 1 aromatic heterocycles. The van der Waals surface area contributed by atoms with Crippen LogP contribution < -0.4 is 5.73 Å². The van der Waals surface area contributed by atoms with Crippen molar-refractivity contribution in [3.63, 3.8) is 0 Å². The molecule has 0 radical (unpaired) electrons. The Balaban J connectivity index is 2.58. The largest absolute Gasteiger partial charge is 0.461 e. The highest BCUT2D eigenvalue weighted by molar-refractivity contribution is 5.97. The molecule has 1 atom stereocenters. The summed E-state index contributed by atoms with van der Waals surface area (Å²) in [6, 6.07) is 2.63. The number of Topliss-reactive ketones (excluding diaryl/α,β-unsaturated/α-hetero) is 1. The van der Waals surface area contributed by atoms with E-state index in [2.05, 4.69) is 0 Å². The van der Waals surface area contributed by atoms with Crippen LogP contribution in [-0.2, 0) is 4.79 Å². The first-order valence-corrected chi connectivity index (χ1v) is 5.50. The summed E-state index contributed by atoms with van der Waals surface area (Å²) in [5.74, 6) is -0.173. The van der Waals surface area contributed by atoms with Crippen molar-refractivity contribution in [3.8, 4) is 0 Å². The highest BCUT2D eigenvalue weighted by Gasteiger charge is 2.23. The monoisotopic (exact) mass is 238 g/mol. The molecule has 0 aliphatic carbocycles. The van der Waals surface area contributed by atoms with Crippen molar-refractivity contribution >= 4 is 11.7 Å². The second-order valence-corrected chi connectivity index (χ2v) is 4.36. The number of likely N-dealkylation sites (N-methyl/N-ethyl adjacent to an activating group) is 1. The van der Waals surface area contributed by atoms with Crippen LogP contribution in [0.15, 0.2) is 22.8 Å². The van der Waals surface area contributed by atoms with Gasteiger partial charge in [-0.25, -0.2) is 0 Å². The molecule has 1 rings (SSSR count). The highest BCUT2D eigenvalue weighted by Crippen LogP contribution is 2.05. The molecule has 1 amide bonds. The molecule has 0 fully saturated rings. The Morgan fingerprint density at radius 2 is 2.12 bits per heavy atom. The molecule has 5 nitrogen and oxygen atoms in total. The lowest BCUT2D eigenvalue weighted by molar-refractivity contribution is -0.131. The number of nitrogens with two attached hydrogens (primary N) is 1. The molecule has 94 valence electrons. The predicted octanol–water partition coefficient (Wildman–Crippen LogP) is 0.904. The van der Waals surface area contributed by atoms with Gasteiger partial charge in [-0.15, -0.1) is 0 Å². The molecule has 0 bridgehead atoms. The van der Waals surface area contributed by atoms with Gasteiger partial charge < -0.3 is 15.1 Å². The van der Waals surface area contributed by atoms with Gasteiger partial charge in [0.2, 0.25) is 11.7 Å². The van der Waals surface area contributed by atoms with Crippen molar-refractivity contribution < 1.29 is 14.0 Å². The van der Waals surface area contributed by atoms with Crippen LogP contribution in [0.4, 0.5) is 0 Å². The zero-order valence-corrected chi connectivity index (χ0v) is 10.3. The number of carbonyl (C=O) groups is 2. The van der Waals surface area contributed by atoms with Gasteiger partial charge in [-0.05, 0) is 18.1 Å². The van der Waals surface area contributed by atoms with Gasteiger partial charge in [0.25, 0.3) is 0 Å². The van der Waals surface area contributed by atoms with Gasteiger partial charge in [0.05, 0.1) is 18.8 Å². The van der Waals surface area contributed by atoms with Crippen molar-refractivity contribution in [2.75, 3.05) is 13.6 Å². The van der Waals surface area contributed by atoms with Gasteiger partial charge in [0, 0.05) is 7.05 Å². The zero-order chi connectivity index (χ0) is 13.0. The maximum absolute atomic E-state index is 11.8. The molecule has 0 aromatic carbocycles. The number of nitrogens with zero attached hydrogens (tertiary/aromatic N) is 1. The highest BCUT2D eigenvalue weighted by atomic mass is 16.3. The number of ketones is 1. The van der Waals surface area contributed by atoms with Gasteiger partial charge in [0.15, 0.2) is 5.76 Å². The fraction of sp³-hybridized carbons (Fsp3) is 0.500. The van der Waals surface area contributed by atoms with Crippen LogP contribution in [0.2, 0.25) is 0 Å². The Kier molecular flexibility index (Phi) is 4.45. The molecule has 0 unspecified atom stereocenters. The summed E-state index contributed by atoms with van der Waals surface area (Å²) in [6.07, 6.45) is 1.43. The fourth-order valence-electron chi connectivity index (χ4n) is 1.35. The molecular weight excluding hydrogens is 220 g/mol. The lowest BCUT2D eigenvalue weighted by Crippen LogP contribution is -2.46. The Bertz CT molecular complexity index is 384. The lowest BCUT2D eigenvalue weighted by Gasteiger charge is -2.22. The molecule has 0 spiro atoms. The quantitative estimate of drug-likeness (QED) is 0.773. The first-order chi connectivity index (χ1) is 7.93. The van der Waals surface area contributed by atoms with E-state index in [9.17, 15) is 9.59 Å². The lowest BCUT2D eigenvalue weighted by atomic mass is 10.0. The van der Waals surface area contributed by atoms with Crippen molar-refractivity contribution in [3.05, 3.63) is 24.2 Å². The van der Waals surface area contributed by atoms with E-state index < -0.39 is 6.04 Å². The Hall–Kier alpha value is -1.62. The molecule has 2 N–H and O–H groups in total. The van der Waals surface area contributed by atoms with Gasteiger partial charge in [-0.1, -0.05) is 13.8 Å². The molecule has 0 saturated heterocycles. The van der Waals surface area contributed by atoms with E-state index in [-0.39, 0.29) is 29.9 Å². The summed E-state index contributed by atoms with van der Waals surface area (Å²) in [5, 5.41) is 0. The summed E-state index contributed by atoms with van der Waals surface area (Å²) >= 11 is 0. The molecular formula is C12H18N2O3. The maximum atomic E-state index is 11.8. The third-order valence-electron chi connectivity index (χ3n) is 2.56. The molecule has 0 saturated carbocycles. The van der Waals surface area contributed by atoms with Crippen LogP contribution in [0.5, 0.6) is 0 Å². The van der Waals surface area contributed by atoms with Crippen LogP contribution >= 0.6 is 0 Å². The van der Waals surface area contributed by atoms with Crippen molar-refractivity contribution in [1.82, 2.24) is 4.90 Å². The van der Waals surface area contributed by atoms with E-state index in [0.717, 1.165) is 0 Å². The minimum atomic E-state index is -0.579. The molecule has 0 aliphatic rings. The van der Waals surface area contributed by atoms with Crippen LogP contribution in [-0.4, -0.2) is 36.2 Å². The number of rotatable bonds is 5. The summed E-state index contributed by atoms with van der Waals surface area (Å²) < 4.78 is 4.97. The number of amides is 1. The summed E-state index contributed by atoms with van der Waals surface area (Å²) in [4.78, 5) is 24.8. The van der Waals surface area contributed by atoms with Gasteiger partial charge >= 0.3 is 0 Å². The van der Waals surface area contributed by atoms with E-state index >= 15 is 0 Å². The predicted molar refractivity (Wildman–Crippen MR) is 63.5 cm³/mol. The van der Waals surface area contributed by atoms with Gasteiger partial charge in [-0.2, -0.15) is 0 Å². The van der Waals surface area contributed by atoms with Crippen LogP contribution in [0.3, 0.4) is 0 Å². The summed E-state index contributed by atoms with van der Waals surface area (Å²) in [6.45, 7) is 3.71. The molecule has 1 heterocycles. The number of furan rings is 1. The third kappa shape index (κ3) is 3.42. The minimum Gasteiger partial charge on any atom is -0.461 e. The van der Waals surface area contributed by atoms with E-state index in [1.165, 1.54) is 11.2 Å². The first kappa shape index (κ1) is 13.4. The second-order valence-electron chi connectivity index (χ2n) is 4.36. The normalized spacial score (nSPS) is 12.5. The van der Waals surface area contributed by atoms with Crippen molar-refractivity contribution in [2.24, 2.45) is 11.7 Å². The first-order valence-electron chi connectivity index (χ1n) is 5.50. The average molecular weight is 238 g/mol.